The first-order valence-electron chi connectivity index (χ1n) is 8.97. The van der Waals surface area contributed by atoms with E-state index in [1.54, 1.807) is 28.6 Å². The maximum absolute atomic E-state index is 12.6. The van der Waals surface area contributed by atoms with Crippen LogP contribution in [0.4, 0.5) is 0 Å². The third-order valence-electron chi connectivity index (χ3n) is 4.26. The number of rotatable bonds is 9. The summed E-state index contributed by atoms with van der Waals surface area (Å²) >= 11 is 0. The third kappa shape index (κ3) is 6.09. The van der Waals surface area contributed by atoms with Gasteiger partial charge in [0.25, 0.3) is 0 Å². The molecule has 1 N–H and O–H groups in total. The molecule has 0 spiro atoms. The fourth-order valence-corrected chi connectivity index (χ4v) is 4.32. The molecule has 0 aliphatic carbocycles. The molecule has 0 aromatic heterocycles. The van der Waals surface area contributed by atoms with E-state index in [0.29, 0.717) is 50.6 Å². The summed E-state index contributed by atoms with van der Waals surface area (Å²) in [7, 11) is -3.40. The highest BCUT2D eigenvalue weighted by atomic mass is 32.2. The van der Waals surface area contributed by atoms with Crippen molar-refractivity contribution in [3.8, 4) is 0 Å². The van der Waals surface area contributed by atoms with Gasteiger partial charge in [0, 0.05) is 39.3 Å². The minimum Gasteiger partial charge on any atom is -0.382 e. The zero-order chi connectivity index (χ0) is 18.1. The lowest BCUT2D eigenvalue weighted by atomic mass is 10.2. The van der Waals surface area contributed by atoms with Gasteiger partial charge in [-0.3, -0.25) is 4.79 Å². The Hall–Kier alpha value is -1.44. The SMILES string of the molecule is CCOCCCC(=O)NCc1ccc(S(=O)(=O)N2CCCCC2)cc1. The Labute approximate surface area is 150 Å². The first-order chi connectivity index (χ1) is 12.0. The Bertz CT molecular complexity index is 638. The number of hydrogen-bond acceptors (Lipinski definition) is 4. The van der Waals surface area contributed by atoms with Gasteiger partial charge in [-0.2, -0.15) is 4.31 Å². The van der Waals surface area contributed by atoms with E-state index in [2.05, 4.69) is 5.32 Å². The van der Waals surface area contributed by atoms with Crippen LogP contribution in [0.25, 0.3) is 0 Å². The van der Waals surface area contributed by atoms with Crippen molar-refractivity contribution in [2.75, 3.05) is 26.3 Å². The van der Waals surface area contributed by atoms with Crippen LogP contribution in [-0.2, 0) is 26.1 Å². The van der Waals surface area contributed by atoms with Gasteiger partial charge < -0.3 is 10.1 Å². The Balaban J connectivity index is 1.84. The number of ether oxygens (including phenoxy) is 1. The molecule has 1 aromatic carbocycles. The maximum Gasteiger partial charge on any atom is 0.243 e. The summed E-state index contributed by atoms with van der Waals surface area (Å²) in [6.07, 6.45) is 4.07. The Morgan fingerprint density at radius 3 is 2.48 bits per heavy atom. The van der Waals surface area contributed by atoms with E-state index in [4.69, 9.17) is 4.74 Å². The van der Waals surface area contributed by atoms with Crippen molar-refractivity contribution in [3.05, 3.63) is 29.8 Å². The number of nitrogens with zero attached hydrogens (tertiary/aromatic N) is 1. The number of benzene rings is 1. The van der Waals surface area contributed by atoms with Crippen LogP contribution in [-0.4, -0.2) is 44.9 Å². The van der Waals surface area contributed by atoms with Crippen LogP contribution >= 0.6 is 0 Å². The topological polar surface area (TPSA) is 75.7 Å². The molecule has 7 heteroatoms. The van der Waals surface area contributed by atoms with Gasteiger partial charge in [0.2, 0.25) is 15.9 Å². The molecular formula is C18H28N2O4S. The summed E-state index contributed by atoms with van der Waals surface area (Å²) in [4.78, 5) is 12.1. The zero-order valence-electron chi connectivity index (χ0n) is 14.9. The van der Waals surface area contributed by atoms with E-state index in [0.717, 1.165) is 24.8 Å². The Morgan fingerprint density at radius 1 is 1.16 bits per heavy atom. The van der Waals surface area contributed by atoms with Crippen LogP contribution in [0.5, 0.6) is 0 Å². The van der Waals surface area contributed by atoms with Gasteiger partial charge >= 0.3 is 0 Å². The highest BCUT2D eigenvalue weighted by Gasteiger charge is 2.25. The summed E-state index contributed by atoms with van der Waals surface area (Å²) in [5.41, 5.74) is 0.885. The summed E-state index contributed by atoms with van der Waals surface area (Å²) < 4.78 is 31.9. The van der Waals surface area contributed by atoms with Gasteiger partial charge in [-0.15, -0.1) is 0 Å². The van der Waals surface area contributed by atoms with Crippen molar-refractivity contribution in [2.24, 2.45) is 0 Å². The zero-order valence-corrected chi connectivity index (χ0v) is 15.7. The summed E-state index contributed by atoms with van der Waals surface area (Å²) in [5, 5.41) is 2.84. The van der Waals surface area contributed by atoms with Gasteiger partial charge in [-0.25, -0.2) is 8.42 Å². The van der Waals surface area contributed by atoms with Gasteiger partial charge in [0.1, 0.15) is 0 Å². The lowest BCUT2D eigenvalue weighted by Gasteiger charge is -2.25. The predicted octanol–water partition coefficient (Wildman–Crippen LogP) is 2.29. The van der Waals surface area contributed by atoms with E-state index in [-0.39, 0.29) is 5.91 Å². The smallest absolute Gasteiger partial charge is 0.243 e. The fraction of sp³-hybridized carbons (Fsp3) is 0.611. The van der Waals surface area contributed by atoms with Crippen molar-refractivity contribution >= 4 is 15.9 Å². The van der Waals surface area contributed by atoms with E-state index in [1.807, 2.05) is 6.92 Å². The molecule has 1 aromatic rings. The summed E-state index contributed by atoms with van der Waals surface area (Å²) in [6.45, 7) is 4.78. The average Bonchev–Trinajstić information content (AvgIpc) is 2.64. The number of piperidine rings is 1. The number of sulfonamides is 1. The molecule has 2 rings (SSSR count). The van der Waals surface area contributed by atoms with Crippen LogP contribution in [0, 0.1) is 0 Å². The van der Waals surface area contributed by atoms with E-state index in [1.165, 1.54) is 0 Å². The second kappa shape index (κ2) is 9.89. The van der Waals surface area contributed by atoms with E-state index >= 15 is 0 Å². The number of carbonyl (C=O) groups excluding carboxylic acids is 1. The minimum atomic E-state index is -3.40. The van der Waals surface area contributed by atoms with Crippen molar-refractivity contribution in [3.63, 3.8) is 0 Å². The summed E-state index contributed by atoms with van der Waals surface area (Å²) in [6, 6.07) is 6.77. The molecule has 1 saturated heterocycles. The Kier molecular flexibility index (Phi) is 7.87. The van der Waals surface area contributed by atoms with Gasteiger partial charge in [0.05, 0.1) is 4.90 Å². The molecule has 25 heavy (non-hydrogen) atoms. The lowest BCUT2D eigenvalue weighted by Crippen LogP contribution is -2.35. The van der Waals surface area contributed by atoms with Gasteiger partial charge in [-0.1, -0.05) is 18.6 Å². The first-order valence-corrected chi connectivity index (χ1v) is 10.4. The van der Waals surface area contributed by atoms with Crippen LogP contribution in [0.15, 0.2) is 29.2 Å². The fourth-order valence-electron chi connectivity index (χ4n) is 2.80. The van der Waals surface area contributed by atoms with Crippen LogP contribution in [0.3, 0.4) is 0 Å². The third-order valence-corrected chi connectivity index (χ3v) is 6.18. The largest absolute Gasteiger partial charge is 0.382 e. The van der Waals surface area contributed by atoms with E-state index < -0.39 is 10.0 Å². The maximum atomic E-state index is 12.6. The molecule has 0 unspecified atom stereocenters. The van der Waals surface area contributed by atoms with E-state index in [9.17, 15) is 13.2 Å². The highest BCUT2D eigenvalue weighted by molar-refractivity contribution is 7.89. The summed E-state index contributed by atoms with van der Waals surface area (Å²) in [5.74, 6) is -0.0234. The second-order valence-corrected chi connectivity index (χ2v) is 8.12. The molecule has 1 aliphatic rings. The molecule has 0 radical (unpaired) electrons. The van der Waals surface area contributed by atoms with Crippen molar-refractivity contribution in [1.82, 2.24) is 9.62 Å². The molecule has 1 fully saturated rings. The molecule has 1 amide bonds. The van der Waals surface area contributed by atoms with Crippen LogP contribution in [0.2, 0.25) is 0 Å². The van der Waals surface area contributed by atoms with Crippen molar-refractivity contribution < 1.29 is 17.9 Å². The number of carbonyl (C=O) groups is 1. The number of hydrogen-bond donors (Lipinski definition) is 1. The van der Waals surface area contributed by atoms with Crippen LogP contribution < -0.4 is 5.32 Å². The molecule has 0 saturated carbocycles. The number of nitrogens with one attached hydrogen (secondary N) is 1. The van der Waals surface area contributed by atoms with Gasteiger partial charge in [-0.05, 0) is 43.9 Å². The van der Waals surface area contributed by atoms with Crippen molar-refractivity contribution in [2.45, 2.75) is 50.5 Å². The van der Waals surface area contributed by atoms with Crippen LogP contribution in [0.1, 0.15) is 44.6 Å². The molecular weight excluding hydrogens is 340 g/mol. The Morgan fingerprint density at radius 2 is 1.84 bits per heavy atom. The normalized spacial score (nSPS) is 15.9. The number of amides is 1. The predicted molar refractivity (Wildman–Crippen MR) is 96.6 cm³/mol. The monoisotopic (exact) mass is 368 g/mol. The average molecular weight is 368 g/mol. The second-order valence-electron chi connectivity index (χ2n) is 6.19. The molecule has 0 bridgehead atoms. The molecule has 140 valence electrons. The molecule has 0 atom stereocenters. The molecule has 6 nitrogen and oxygen atoms in total. The standard InChI is InChI=1S/C18H28N2O4S/c1-2-24-14-6-7-18(21)19-15-16-8-10-17(11-9-16)25(22,23)20-12-4-3-5-13-20/h8-11H,2-7,12-15H2,1H3,(H,19,21). The van der Waals surface area contributed by atoms with Crippen molar-refractivity contribution in [1.29, 1.82) is 0 Å². The molecule has 1 aliphatic heterocycles. The lowest BCUT2D eigenvalue weighted by molar-refractivity contribution is -0.121. The molecule has 1 heterocycles. The van der Waals surface area contributed by atoms with Gasteiger partial charge in [0.15, 0.2) is 0 Å². The minimum absolute atomic E-state index is 0.0234. The quantitative estimate of drug-likeness (QED) is 0.679. The first kappa shape index (κ1) is 19.9. The highest BCUT2D eigenvalue weighted by Crippen LogP contribution is 2.20.